The number of aryl methyl sites for hydroxylation is 2. The number of nitrogens with one attached hydrogen (secondary N) is 2. The highest BCUT2D eigenvalue weighted by molar-refractivity contribution is 5.84. The highest BCUT2D eigenvalue weighted by Gasteiger charge is 2.10. The van der Waals surface area contributed by atoms with Crippen LogP contribution in [0.3, 0.4) is 0 Å². The van der Waals surface area contributed by atoms with Crippen molar-refractivity contribution in [2.45, 2.75) is 26.9 Å². The average molecular weight is 311 g/mol. The molecule has 7 heteroatoms. The molecule has 3 rings (SSSR count). The van der Waals surface area contributed by atoms with Gasteiger partial charge in [-0.1, -0.05) is 18.2 Å². The molecule has 0 atom stereocenters. The Morgan fingerprint density at radius 2 is 2.00 bits per heavy atom. The Hall–Kier alpha value is -2.96. The van der Waals surface area contributed by atoms with Gasteiger partial charge in [0, 0.05) is 11.1 Å². The molecule has 0 aliphatic rings. The van der Waals surface area contributed by atoms with Crippen LogP contribution >= 0.6 is 0 Å². The minimum absolute atomic E-state index is 0.154. The number of hydrogen-bond donors (Lipinski definition) is 2. The molecule has 23 heavy (non-hydrogen) atoms. The largest absolute Gasteiger partial charge is 0.349 e. The smallest absolute Gasteiger partial charge is 0.272 e. The third-order valence-electron chi connectivity index (χ3n) is 3.62. The fraction of sp³-hybridized carbons (Fsp3) is 0.250. The van der Waals surface area contributed by atoms with Gasteiger partial charge in [-0.2, -0.15) is 10.2 Å². The van der Waals surface area contributed by atoms with E-state index in [-0.39, 0.29) is 24.6 Å². The minimum Gasteiger partial charge on any atom is -0.349 e. The summed E-state index contributed by atoms with van der Waals surface area (Å²) in [6, 6.07) is 9.11. The molecule has 1 aromatic carbocycles. The zero-order valence-electron chi connectivity index (χ0n) is 13.0. The van der Waals surface area contributed by atoms with Crippen LogP contribution in [0.4, 0.5) is 0 Å². The topological polar surface area (TPSA) is 92.7 Å². The molecule has 2 aromatic heterocycles. The summed E-state index contributed by atoms with van der Waals surface area (Å²) in [7, 11) is 0. The SMILES string of the molecule is Cc1cc(C)n(CC(=O)NCc2n[nH]c(=O)c3ccccc23)n1. The van der Waals surface area contributed by atoms with E-state index in [0.717, 1.165) is 16.8 Å². The number of carbonyl (C=O) groups excluding carboxylic acids is 1. The van der Waals surface area contributed by atoms with Crippen LogP contribution < -0.4 is 10.9 Å². The van der Waals surface area contributed by atoms with Gasteiger partial charge < -0.3 is 5.32 Å². The van der Waals surface area contributed by atoms with Gasteiger partial charge in [0.1, 0.15) is 6.54 Å². The Labute approximate surface area is 132 Å². The predicted octanol–water partition coefficient (Wildman–Crippen LogP) is 1.05. The number of rotatable bonds is 4. The first kappa shape index (κ1) is 15.0. The second-order valence-electron chi connectivity index (χ2n) is 5.41. The van der Waals surface area contributed by atoms with Crippen molar-refractivity contribution in [3.05, 3.63) is 57.8 Å². The van der Waals surface area contributed by atoms with E-state index >= 15 is 0 Å². The molecule has 0 aliphatic carbocycles. The molecule has 0 saturated carbocycles. The maximum atomic E-state index is 12.1. The molecule has 118 valence electrons. The van der Waals surface area contributed by atoms with Crippen LogP contribution in [0, 0.1) is 13.8 Å². The van der Waals surface area contributed by atoms with Crippen molar-refractivity contribution in [1.82, 2.24) is 25.3 Å². The van der Waals surface area contributed by atoms with E-state index in [1.54, 1.807) is 16.8 Å². The highest BCUT2D eigenvalue weighted by atomic mass is 16.2. The van der Waals surface area contributed by atoms with Crippen LogP contribution in [0.25, 0.3) is 10.8 Å². The van der Waals surface area contributed by atoms with Gasteiger partial charge in [0.05, 0.1) is 23.3 Å². The van der Waals surface area contributed by atoms with Gasteiger partial charge in [0.25, 0.3) is 5.56 Å². The number of H-pyrrole nitrogens is 1. The summed E-state index contributed by atoms with van der Waals surface area (Å²) < 4.78 is 1.66. The van der Waals surface area contributed by atoms with Crippen LogP contribution in [0.1, 0.15) is 17.1 Å². The monoisotopic (exact) mass is 311 g/mol. The Morgan fingerprint density at radius 3 is 2.70 bits per heavy atom. The average Bonchev–Trinajstić information content (AvgIpc) is 2.84. The number of amides is 1. The van der Waals surface area contributed by atoms with E-state index in [0.29, 0.717) is 11.1 Å². The fourth-order valence-electron chi connectivity index (χ4n) is 2.52. The van der Waals surface area contributed by atoms with Gasteiger partial charge >= 0.3 is 0 Å². The molecule has 0 aliphatic heterocycles. The molecule has 0 bridgehead atoms. The summed E-state index contributed by atoms with van der Waals surface area (Å²) in [5, 5.41) is 14.9. The molecular weight excluding hydrogens is 294 g/mol. The number of aromatic amines is 1. The van der Waals surface area contributed by atoms with E-state index in [1.807, 2.05) is 32.0 Å². The lowest BCUT2D eigenvalue weighted by Gasteiger charge is -2.08. The first-order chi connectivity index (χ1) is 11.0. The van der Waals surface area contributed by atoms with Crippen LogP contribution in [-0.4, -0.2) is 25.9 Å². The van der Waals surface area contributed by atoms with Gasteiger partial charge in [-0.3, -0.25) is 14.3 Å². The van der Waals surface area contributed by atoms with Gasteiger partial charge in [-0.15, -0.1) is 0 Å². The zero-order valence-corrected chi connectivity index (χ0v) is 13.0. The predicted molar refractivity (Wildman–Crippen MR) is 85.9 cm³/mol. The summed E-state index contributed by atoms with van der Waals surface area (Å²) in [4.78, 5) is 23.8. The molecule has 2 heterocycles. The molecule has 7 nitrogen and oxygen atoms in total. The van der Waals surface area contributed by atoms with Crippen molar-refractivity contribution in [2.75, 3.05) is 0 Å². The number of aromatic nitrogens is 4. The third-order valence-corrected chi connectivity index (χ3v) is 3.62. The van der Waals surface area contributed by atoms with Crippen LogP contribution in [0.2, 0.25) is 0 Å². The molecule has 2 N–H and O–H groups in total. The first-order valence-electron chi connectivity index (χ1n) is 7.28. The number of nitrogens with zero attached hydrogens (tertiary/aromatic N) is 3. The summed E-state index contributed by atoms with van der Waals surface area (Å²) >= 11 is 0. The standard InChI is InChI=1S/C16H17N5O2/c1-10-7-11(2)21(20-10)9-15(22)17-8-14-12-5-3-4-6-13(12)16(23)19-18-14/h3-7H,8-9H2,1-2H3,(H,17,22)(H,19,23). The fourth-order valence-corrected chi connectivity index (χ4v) is 2.52. The van der Waals surface area contributed by atoms with Crippen LogP contribution in [0.5, 0.6) is 0 Å². The van der Waals surface area contributed by atoms with Gasteiger partial charge in [-0.05, 0) is 26.0 Å². The van der Waals surface area contributed by atoms with E-state index in [1.165, 1.54) is 0 Å². The Kier molecular flexibility index (Phi) is 3.92. The lowest BCUT2D eigenvalue weighted by molar-refractivity contribution is -0.122. The Bertz CT molecular complexity index is 926. The lowest BCUT2D eigenvalue weighted by Crippen LogP contribution is -2.29. The molecule has 1 amide bonds. The molecule has 3 aromatic rings. The number of hydrogen-bond acceptors (Lipinski definition) is 4. The maximum Gasteiger partial charge on any atom is 0.272 e. The van der Waals surface area contributed by atoms with Crippen molar-refractivity contribution in [1.29, 1.82) is 0 Å². The van der Waals surface area contributed by atoms with Gasteiger partial charge in [-0.25, -0.2) is 5.10 Å². The summed E-state index contributed by atoms with van der Waals surface area (Å²) in [5.74, 6) is -0.159. The van der Waals surface area contributed by atoms with E-state index < -0.39 is 0 Å². The van der Waals surface area contributed by atoms with Crippen molar-refractivity contribution in [3.63, 3.8) is 0 Å². The van der Waals surface area contributed by atoms with E-state index in [4.69, 9.17) is 0 Å². The second-order valence-corrected chi connectivity index (χ2v) is 5.41. The lowest BCUT2D eigenvalue weighted by atomic mass is 10.1. The quantitative estimate of drug-likeness (QED) is 0.753. The van der Waals surface area contributed by atoms with Gasteiger partial charge in [0.2, 0.25) is 5.91 Å². The normalized spacial score (nSPS) is 10.9. The van der Waals surface area contributed by atoms with Crippen molar-refractivity contribution in [2.24, 2.45) is 0 Å². The highest BCUT2D eigenvalue weighted by Crippen LogP contribution is 2.11. The van der Waals surface area contributed by atoms with Crippen LogP contribution in [-0.2, 0) is 17.9 Å². The molecule has 0 radical (unpaired) electrons. The summed E-state index contributed by atoms with van der Waals surface area (Å²) in [5.41, 5.74) is 2.20. The van der Waals surface area contributed by atoms with Crippen molar-refractivity contribution in [3.8, 4) is 0 Å². The zero-order chi connectivity index (χ0) is 16.4. The number of carbonyl (C=O) groups is 1. The minimum atomic E-state index is -0.238. The Balaban J connectivity index is 1.73. The second kappa shape index (κ2) is 6.04. The number of benzene rings is 1. The van der Waals surface area contributed by atoms with Crippen molar-refractivity contribution < 1.29 is 4.79 Å². The molecular formula is C16H17N5O2. The van der Waals surface area contributed by atoms with Gasteiger partial charge in [0.15, 0.2) is 0 Å². The Morgan fingerprint density at radius 1 is 1.26 bits per heavy atom. The van der Waals surface area contributed by atoms with E-state index in [2.05, 4.69) is 20.6 Å². The van der Waals surface area contributed by atoms with E-state index in [9.17, 15) is 9.59 Å². The number of fused-ring (bicyclic) bond motifs is 1. The summed E-state index contributed by atoms with van der Waals surface area (Å²) in [6.45, 7) is 4.19. The molecule has 0 spiro atoms. The third kappa shape index (κ3) is 3.13. The molecule has 0 fully saturated rings. The molecule has 0 unspecified atom stereocenters. The first-order valence-corrected chi connectivity index (χ1v) is 7.28. The van der Waals surface area contributed by atoms with Crippen molar-refractivity contribution >= 4 is 16.7 Å². The maximum absolute atomic E-state index is 12.1. The van der Waals surface area contributed by atoms with Crippen LogP contribution in [0.15, 0.2) is 35.1 Å². The molecule has 0 saturated heterocycles. The summed E-state index contributed by atoms with van der Waals surface area (Å²) in [6.07, 6.45) is 0.